The SMILES string of the molecule is Cc1cc(Cl)ccc1NC1NC(=O)/C(=C/c2ccc(F)cc2)S1. The lowest BCUT2D eigenvalue weighted by Crippen LogP contribution is -2.31. The maximum atomic E-state index is 12.9. The van der Waals surface area contributed by atoms with Crippen molar-refractivity contribution in [2.45, 2.75) is 12.4 Å². The van der Waals surface area contributed by atoms with Crippen LogP contribution in [0.15, 0.2) is 47.4 Å². The second-order valence-corrected chi connectivity index (χ2v) is 6.72. The molecule has 1 fully saturated rings. The van der Waals surface area contributed by atoms with Gasteiger partial charge in [-0.2, -0.15) is 0 Å². The predicted octanol–water partition coefficient (Wildman–Crippen LogP) is 4.39. The molecular formula is C17H14ClFN2OS. The molecule has 1 amide bonds. The van der Waals surface area contributed by atoms with E-state index in [0.717, 1.165) is 16.8 Å². The van der Waals surface area contributed by atoms with Crippen LogP contribution >= 0.6 is 23.4 Å². The van der Waals surface area contributed by atoms with Crippen molar-refractivity contribution in [1.82, 2.24) is 5.32 Å². The van der Waals surface area contributed by atoms with Crippen LogP contribution in [0.5, 0.6) is 0 Å². The average Bonchev–Trinajstić information content (AvgIpc) is 2.84. The number of halogens is 2. The van der Waals surface area contributed by atoms with E-state index in [4.69, 9.17) is 11.6 Å². The molecule has 2 aromatic carbocycles. The number of thioether (sulfide) groups is 1. The highest BCUT2D eigenvalue weighted by Gasteiger charge is 2.27. The maximum absolute atomic E-state index is 12.9. The maximum Gasteiger partial charge on any atom is 0.260 e. The van der Waals surface area contributed by atoms with Gasteiger partial charge in [0.15, 0.2) is 5.50 Å². The molecule has 1 unspecified atom stereocenters. The summed E-state index contributed by atoms with van der Waals surface area (Å²) in [5.74, 6) is -0.447. The molecule has 1 aliphatic heterocycles. The monoisotopic (exact) mass is 348 g/mol. The second-order valence-electron chi connectivity index (χ2n) is 5.14. The fourth-order valence-corrected chi connectivity index (χ4v) is 3.41. The number of rotatable bonds is 3. The van der Waals surface area contributed by atoms with Crippen molar-refractivity contribution >= 4 is 41.0 Å². The highest BCUT2D eigenvalue weighted by atomic mass is 35.5. The van der Waals surface area contributed by atoms with E-state index < -0.39 is 0 Å². The van der Waals surface area contributed by atoms with E-state index in [2.05, 4.69) is 10.6 Å². The molecule has 1 saturated heterocycles. The molecule has 0 aliphatic carbocycles. The van der Waals surface area contributed by atoms with Gasteiger partial charge in [-0.1, -0.05) is 35.5 Å². The van der Waals surface area contributed by atoms with Crippen LogP contribution in [0.3, 0.4) is 0 Å². The summed E-state index contributed by atoms with van der Waals surface area (Å²) in [7, 11) is 0. The average molecular weight is 349 g/mol. The van der Waals surface area contributed by atoms with Gasteiger partial charge in [0, 0.05) is 10.7 Å². The number of carbonyl (C=O) groups excluding carboxylic acids is 1. The normalized spacial score (nSPS) is 19.0. The Morgan fingerprint density at radius 1 is 1.26 bits per heavy atom. The number of hydrogen-bond donors (Lipinski definition) is 2. The molecule has 1 aliphatic rings. The van der Waals surface area contributed by atoms with Gasteiger partial charge in [-0.15, -0.1) is 0 Å². The van der Waals surface area contributed by atoms with E-state index in [1.165, 1.54) is 23.9 Å². The molecule has 0 saturated carbocycles. The number of aryl methyl sites for hydroxylation is 1. The van der Waals surface area contributed by atoms with Crippen LogP contribution in [0.1, 0.15) is 11.1 Å². The Bertz CT molecular complexity index is 777. The summed E-state index contributed by atoms with van der Waals surface area (Å²) in [5.41, 5.74) is 2.44. The van der Waals surface area contributed by atoms with Crippen molar-refractivity contribution in [2.75, 3.05) is 5.32 Å². The third-order valence-corrected chi connectivity index (χ3v) is 4.64. The Hall–Kier alpha value is -1.98. The van der Waals surface area contributed by atoms with Gasteiger partial charge in [-0.05, 0) is 54.5 Å². The molecular weight excluding hydrogens is 335 g/mol. The Morgan fingerprint density at radius 3 is 2.70 bits per heavy atom. The summed E-state index contributed by atoms with van der Waals surface area (Å²) >= 11 is 7.33. The van der Waals surface area contributed by atoms with Crippen molar-refractivity contribution in [3.05, 3.63) is 69.3 Å². The van der Waals surface area contributed by atoms with Crippen LogP contribution < -0.4 is 10.6 Å². The van der Waals surface area contributed by atoms with Gasteiger partial charge in [0.25, 0.3) is 5.91 Å². The van der Waals surface area contributed by atoms with Crippen molar-refractivity contribution < 1.29 is 9.18 Å². The summed E-state index contributed by atoms with van der Waals surface area (Å²) in [6.07, 6.45) is 1.75. The molecule has 118 valence electrons. The zero-order valence-electron chi connectivity index (χ0n) is 12.3. The fourth-order valence-electron chi connectivity index (χ4n) is 2.21. The third-order valence-electron chi connectivity index (χ3n) is 3.37. The molecule has 3 nitrogen and oxygen atoms in total. The minimum absolute atomic E-state index is 0.150. The zero-order chi connectivity index (χ0) is 16.4. The lowest BCUT2D eigenvalue weighted by Gasteiger charge is -2.15. The van der Waals surface area contributed by atoms with E-state index >= 15 is 0 Å². The number of anilines is 1. The Labute approximate surface area is 142 Å². The van der Waals surface area contributed by atoms with Gasteiger partial charge in [0.2, 0.25) is 0 Å². The van der Waals surface area contributed by atoms with Crippen molar-refractivity contribution in [3.63, 3.8) is 0 Å². The van der Waals surface area contributed by atoms with Crippen LogP contribution in [-0.2, 0) is 4.79 Å². The first-order valence-electron chi connectivity index (χ1n) is 6.99. The van der Waals surface area contributed by atoms with Crippen molar-refractivity contribution in [1.29, 1.82) is 0 Å². The van der Waals surface area contributed by atoms with Crippen LogP contribution in [-0.4, -0.2) is 11.4 Å². The Balaban J connectivity index is 1.73. The minimum Gasteiger partial charge on any atom is -0.356 e. The lowest BCUT2D eigenvalue weighted by atomic mass is 10.2. The topological polar surface area (TPSA) is 41.1 Å². The first-order valence-corrected chi connectivity index (χ1v) is 8.24. The van der Waals surface area contributed by atoms with Gasteiger partial charge in [-0.25, -0.2) is 4.39 Å². The first kappa shape index (κ1) is 15.9. The van der Waals surface area contributed by atoms with E-state index in [1.807, 2.05) is 19.1 Å². The van der Waals surface area contributed by atoms with Crippen LogP contribution in [0.25, 0.3) is 6.08 Å². The molecule has 1 heterocycles. The quantitative estimate of drug-likeness (QED) is 0.808. The van der Waals surface area contributed by atoms with E-state index in [1.54, 1.807) is 24.3 Å². The molecule has 2 aromatic rings. The van der Waals surface area contributed by atoms with Gasteiger partial charge in [0.05, 0.1) is 4.91 Å². The highest BCUT2D eigenvalue weighted by Crippen LogP contribution is 2.31. The molecule has 3 rings (SSSR count). The summed E-state index contributed by atoms with van der Waals surface area (Å²) in [6, 6.07) is 11.6. The van der Waals surface area contributed by atoms with Crippen LogP contribution in [0.2, 0.25) is 5.02 Å². The number of amides is 1. The van der Waals surface area contributed by atoms with E-state index in [9.17, 15) is 9.18 Å². The Kier molecular flexibility index (Phi) is 4.59. The molecule has 1 atom stereocenters. The van der Waals surface area contributed by atoms with Crippen LogP contribution in [0.4, 0.5) is 10.1 Å². The summed E-state index contributed by atoms with van der Waals surface area (Å²) in [6.45, 7) is 1.95. The van der Waals surface area contributed by atoms with Gasteiger partial charge in [-0.3, -0.25) is 4.79 Å². The van der Waals surface area contributed by atoms with E-state index in [-0.39, 0.29) is 17.2 Å². The largest absolute Gasteiger partial charge is 0.356 e. The number of benzene rings is 2. The molecule has 0 aromatic heterocycles. The standard InChI is InChI=1S/C17H14ClFN2OS/c1-10-8-12(18)4-7-14(10)20-17-21-16(22)15(23-17)9-11-2-5-13(19)6-3-11/h2-9,17,20H,1H3,(H,21,22)/b15-9-. The van der Waals surface area contributed by atoms with Crippen molar-refractivity contribution in [2.24, 2.45) is 0 Å². The number of nitrogens with one attached hydrogen (secondary N) is 2. The van der Waals surface area contributed by atoms with Gasteiger partial charge >= 0.3 is 0 Å². The fraction of sp³-hybridized carbons (Fsp3) is 0.118. The van der Waals surface area contributed by atoms with E-state index in [0.29, 0.717) is 9.93 Å². The van der Waals surface area contributed by atoms with Gasteiger partial charge < -0.3 is 10.6 Å². The zero-order valence-corrected chi connectivity index (χ0v) is 13.8. The lowest BCUT2D eigenvalue weighted by molar-refractivity contribution is -0.116. The summed E-state index contributed by atoms with van der Waals surface area (Å²) < 4.78 is 12.9. The molecule has 0 bridgehead atoms. The number of hydrogen-bond acceptors (Lipinski definition) is 3. The Morgan fingerprint density at radius 2 is 2.00 bits per heavy atom. The molecule has 6 heteroatoms. The second kappa shape index (κ2) is 6.64. The predicted molar refractivity (Wildman–Crippen MR) is 93.7 cm³/mol. The summed E-state index contributed by atoms with van der Waals surface area (Å²) in [5, 5.41) is 6.80. The minimum atomic E-state index is -0.298. The van der Waals surface area contributed by atoms with Crippen LogP contribution in [0, 0.1) is 12.7 Å². The van der Waals surface area contributed by atoms with Gasteiger partial charge in [0.1, 0.15) is 5.82 Å². The first-order chi connectivity index (χ1) is 11.0. The third kappa shape index (κ3) is 3.86. The smallest absolute Gasteiger partial charge is 0.260 e. The number of carbonyl (C=O) groups is 1. The molecule has 2 N–H and O–H groups in total. The molecule has 23 heavy (non-hydrogen) atoms. The molecule has 0 radical (unpaired) electrons. The summed E-state index contributed by atoms with van der Waals surface area (Å²) in [4.78, 5) is 12.6. The molecule has 0 spiro atoms. The highest BCUT2D eigenvalue weighted by molar-refractivity contribution is 8.05. The van der Waals surface area contributed by atoms with Crippen molar-refractivity contribution in [3.8, 4) is 0 Å².